The highest BCUT2D eigenvalue weighted by atomic mass is 35.5. The molecule has 0 aromatic heterocycles. The van der Waals surface area contributed by atoms with E-state index >= 15 is 0 Å². The topological polar surface area (TPSA) is 75.7 Å². The van der Waals surface area contributed by atoms with Crippen LogP contribution < -0.4 is 15.0 Å². The summed E-state index contributed by atoms with van der Waals surface area (Å²) in [6.45, 7) is 0.287. The van der Waals surface area contributed by atoms with Gasteiger partial charge < -0.3 is 4.74 Å². The number of nitrogens with one attached hydrogen (secondary N) is 1. The first-order chi connectivity index (χ1) is 15.8. The Morgan fingerprint density at radius 3 is 2.33 bits per heavy atom. The Morgan fingerprint density at radius 1 is 0.879 bits per heavy atom. The molecule has 1 heterocycles. The van der Waals surface area contributed by atoms with Gasteiger partial charge in [-0.2, -0.15) is 0 Å². The van der Waals surface area contributed by atoms with Gasteiger partial charge in [-0.3, -0.25) is 14.9 Å². The van der Waals surface area contributed by atoms with Crippen LogP contribution in [-0.4, -0.2) is 17.8 Å². The van der Waals surface area contributed by atoms with E-state index in [0.29, 0.717) is 26.4 Å². The third-order valence-electron chi connectivity index (χ3n) is 4.74. The summed E-state index contributed by atoms with van der Waals surface area (Å²) >= 11 is 18.2. The van der Waals surface area contributed by atoms with Gasteiger partial charge in [0.2, 0.25) is 0 Å². The van der Waals surface area contributed by atoms with Crippen molar-refractivity contribution in [1.82, 2.24) is 5.32 Å². The van der Waals surface area contributed by atoms with E-state index in [9.17, 15) is 14.4 Å². The zero-order chi connectivity index (χ0) is 23.5. The lowest BCUT2D eigenvalue weighted by molar-refractivity contribution is -0.122. The standard InChI is InChI=1S/C24H15Cl3N2O4/c25-16-7-4-14(5-8-16)13-33-21-9-6-15(11-20(21)27)10-19-22(30)28-24(32)29(23(19)31)18-3-1-2-17(26)12-18/h1-12H,13H2,(H,28,30,32)/b19-10+. The van der Waals surface area contributed by atoms with Crippen molar-refractivity contribution < 1.29 is 19.1 Å². The number of imide groups is 2. The number of carbonyl (C=O) groups is 3. The van der Waals surface area contributed by atoms with Crippen LogP contribution in [0.2, 0.25) is 15.1 Å². The van der Waals surface area contributed by atoms with Gasteiger partial charge in [0.1, 0.15) is 17.9 Å². The Labute approximate surface area is 204 Å². The summed E-state index contributed by atoms with van der Waals surface area (Å²) in [7, 11) is 0. The molecule has 0 spiro atoms. The van der Waals surface area contributed by atoms with Gasteiger partial charge in [0.05, 0.1) is 10.7 Å². The molecule has 1 N–H and O–H groups in total. The van der Waals surface area contributed by atoms with Gasteiger partial charge in [-0.15, -0.1) is 0 Å². The lowest BCUT2D eigenvalue weighted by Gasteiger charge is -2.26. The molecule has 166 valence electrons. The molecule has 0 aliphatic carbocycles. The highest BCUT2D eigenvalue weighted by Crippen LogP contribution is 2.29. The summed E-state index contributed by atoms with van der Waals surface area (Å²) < 4.78 is 5.74. The van der Waals surface area contributed by atoms with E-state index < -0.39 is 17.8 Å². The minimum absolute atomic E-state index is 0.222. The number of barbiturate groups is 1. The molecule has 3 aromatic carbocycles. The largest absolute Gasteiger partial charge is 0.487 e. The lowest BCUT2D eigenvalue weighted by Crippen LogP contribution is -2.54. The quantitative estimate of drug-likeness (QED) is 0.349. The Balaban J connectivity index is 1.56. The number of anilines is 1. The van der Waals surface area contributed by atoms with Crippen molar-refractivity contribution in [2.45, 2.75) is 6.61 Å². The monoisotopic (exact) mass is 500 g/mol. The van der Waals surface area contributed by atoms with E-state index in [1.807, 2.05) is 12.1 Å². The van der Waals surface area contributed by atoms with Crippen LogP contribution >= 0.6 is 34.8 Å². The number of hydrogen-bond donors (Lipinski definition) is 1. The molecule has 3 aromatic rings. The molecule has 1 aliphatic heterocycles. The number of amides is 4. The van der Waals surface area contributed by atoms with Crippen LogP contribution in [0.5, 0.6) is 5.75 Å². The molecular formula is C24H15Cl3N2O4. The summed E-state index contributed by atoms with van der Waals surface area (Å²) in [6.07, 6.45) is 1.36. The molecule has 1 aliphatic rings. The molecule has 0 unspecified atom stereocenters. The van der Waals surface area contributed by atoms with E-state index in [-0.39, 0.29) is 17.9 Å². The molecule has 6 nitrogen and oxygen atoms in total. The van der Waals surface area contributed by atoms with Gasteiger partial charge in [-0.05, 0) is 59.7 Å². The van der Waals surface area contributed by atoms with Crippen molar-refractivity contribution in [1.29, 1.82) is 0 Å². The molecule has 9 heteroatoms. The molecule has 4 amide bonds. The van der Waals surface area contributed by atoms with Crippen molar-refractivity contribution in [3.8, 4) is 5.75 Å². The van der Waals surface area contributed by atoms with Gasteiger partial charge in [0, 0.05) is 10.0 Å². The van der Waals surface area contributed by atoms with Crippen molar-refractivity contribution in [3.05, 3.63) is 98.5 Å². The smallest absolute Gasteiger partial charge is 0.335 e. The van der Waals surface area contributed by atoms with Gasteiger partial charge in [-0.1, -0.05) is 59.1 Å². The predicted octanol–water partition coefficient (Wildman–Crippen LogP) is 5.89. The first-order valence-corrected chi connectivity index (χ1v) is 10.8. The first kappa shape index (κ1) is 22.9. The van der Waals surface area contributed by atoms with Crippen molar-refractivity contribution in [3.63, 3.8) is 0 Å². The van der Waals surface area contributed by atoms with Crippen molar-refractivity contribution in [2.24, 2.45) is 0 Å². The second kappa shape index (κ2) is 9.67. The minimum atomic E-state index is -0.853. The predicted molar refractivity (Wildman–Crippen MR) is 128 cm³/mol. The summed E-state index contributed by atoms with van der Waals surface area (Å²) in [6, 6.07) is 17.4. The van der Waals surface area contributed by atoms with Crippen LogP contribution in [0.15, 0.2) is 72.3 Å². The fraction of sp³-hybridized carbons (Fsp3) is 0.0417. The highest BCUT2D eigenvalue weighted by Gasteiger charge is 2.36. The molecule has 1 saturated heterocycles. The number of halogens is 3. The van der Waals surface area contributed by atoms with Crippen LogP contribution in [0, 0.1) is 0 Å². The third-order valence-corrected chi connectivity index (χ3v) is 5.53. The van der Waals surface area contributed by atoms with E-state index in [0.717, 1.165) is 10.5 Å². The molecular weight excluding hydrogens is 487 g/mol. The van der Waals surface area contributed by atoms with Crippen LogP contribution in [0.3, 0.4) is 0 Å². The zero-order valence-electron chi connectivity index (χ0n) is 16.8. The highest BCUT2D eigenvalue weighted by molar-refractivity contribution is 6.39. The van der Waals surface area contributed by atoms with E-state index in [2.05, 4.69) is 5.32 Å². The molecule has 0 saturated carbocycles. The average molecular weight is 502 g/mol. The first-order valence-electron chi connectivity index (χ1n) is 9.65. The molecule has 4 rings (SSSR count). The van der Waals surface area contributed by atoms with E-state index in [1.165, 1.54) is 12.1 Å². The maximum absolute atomic E-state index is 13.0. The van der Waals surface area contributed by atoms with E-state index in [1.54, 1.807) is 48.5 Å². The Kier molecular flexibility index (Phi) is 6.70. The lowest BCUT2D eigenvalue weighted by atomic mass is 10.1. The average Bonchev–Trinajstić information content (AvgIpc) is 2.77. The van der Waals surface area contributed by atoms with Crippen LogP contribution in [0.1, 0.15) is 11.1 Å². The third kappa shape index (κ3) is 5.20. The number of benzene rings is 3. The number of nitrogens with zero attached hydrogens (tertiary/aromatic N) is 1. The fourth-order valence-corrected chi connectivity index (χ4v) is 3.69. The van der Waals surface area contributed by atoms with E-state index in [4.69, 9.17) is 39.5 Å². The molecule has 0 radical (unpaired) electrons. The Bertz CT molecular complexity index is 1290. The summed E-state index contributed by atoms with van der Waals surface area (Å²) in [5.41, 5.74) is 1.42. The Hall–Kier alpha value is -3.32. The Morgan fingerprint density at radius 2 is 1.64 bits per heavy atom. The summed E-state index contributed by atoms with van der Waals surface area (Å²) in [4.78, 5) is 38.5. The second-order valence-electron chi connectivity index (χ2n) is 7.04. The van der Waals surface area contributed by atoms with Gasteiger partial charge in [0.25, 0.3) is 11.8 Å². The van der Waals surface area contributed by atoms with Gasteiger partial charge in [0.15, 0.2) is 0 Å². The maximum atomic E-state index is 13.0. The van der Waals surface area contributed by atoms with Crippen molar-refractivity contribution in [2.75, 3.05) is 4.90 Å². The zero-order valence-corrected chi connectivity index (χ0v) is 19.1. The molecule has 0 bridgehead atoms. The van der Waals surface area contributed by atoms with Gasteiger partial charge in [-0.25, -0.2) is 9.69 Å². The molecule has 1 fully saturated rings. The van der Waals surface area contributed by atoms with Crippen LogP contribution in [0.25, 0.3) is 6.08 Å². The molecule has 33 heavy (non-hydrogen) atoms. The molecule has 0 atom stereocenters. The SMILES string of the molecule is O=C1NC(=O)N(c2cccc(Cl)c2)C(=O)/C1=C/c1ccc(OCc2ccc(Cl)cc2)c(Cl)c1. The summed E-state index contributed by atoms with van der Waals surface area (Å²) in [5.74, 6) is -1.14. The number of rotatable bonds is 5. The number of urea groups is 1. The second-order valence-corrected chi connectivity index (χ2v) is 8.32. The van der Waals surface area contributed by atoms with Crippen LogP contribution in [0.4, 0.5) is 10.5 Å². The van der Waals surface area contributed by atoms with Crippen LogP contribution in [-0.2, 0) is 16.2 Å². The number of ether oxygens (including phenoxy) is 1. The van der Waals surface area contributed by atoms with Crippen molar-refractivity contribution >= 4 is 64.4 Å². The normalized spacial score (nSPS) is 15.1. The summed E-state index contributed by atoms with van der Waals surface area (Å²) in [5, 5.41) is 3.44. The number of carbonyl (C=O) groups excluding carboxylic acids is 3. The minimum Gasteiger partial charge on any atom is -0.487 e. The maximum Gasteiger partial charge on any atom is 0.335 e. The number of hydrogen-bond acceptors (Lipinski definition) is 4. The fourth-order valence-electron chi connectivity index (χ4n) is 3.14. The van der Waals surface area contributed by atoms with Gasteiger partial charge >= 0.3 is 6.03 Å².